The Hall–Kier alpha value is -7.28. The summed E-state index contributed by atoms with van der Waals surface area (Å²) in [5, 5.41) is 0. The van der Waals surface area contributed by atoms with Crippen LogP contribution in [0.2, 0.25) is 0 Å². The lowest BCUT2D eigenvalue weighted by molar-refractivity contribution is -0.168. The second-order valence-corrected chi connectivity index (χ2v) is 31.1. The minimum absolute atomic E-state index is 0.0810. The van der Waals surface area contributed by atoms with E-state index in [1.165, 1.54) is 73.2 Å². The number of Topliss-reactive ketones (excluding diaryl/α,β-unsaturated/α-hetero) is 1. The quantitative estimate of drug-likeness (QED) is 0.0473. The second-order valence-electron chi connectivity index (χ2n) is 24.3. The highest BCUT2D eigenvalue weighted by molar-refractivity contribution is 7.90. The summed E-state index contributed by atoms with van der Waals surface area (Å²) in [5.74, 6) is 3.14. The number of para-hydroxylation sites is 1. The zero-order valence-corrected chi connectivity index (χ0v) is 60.7. The third-order valence-corrected chi connectivity index (χ3v) is 19.9. The molecule has 10 fully saturated rings. The van der Waals surface area contributed by atoms with E-state index in [2.05, 4.69) is 13.1 Å². The Morgan fingerprint density at radius 3 is 1.31 bits per heavy atom. The number of carbonyl (C=O) groups is 8. The van der Waals surface area contributed by atoms with Gasteiger partial charge in [0.25, 0.3) is 20.2 Å². The molecule has 6 aliphatic carbocycles. The van der Waals surface area contributed by atoms with Gasteiger partial charge in [-0.1, -0.05) is 84.9 Å². The SMILES string of the molecule is CC(=O)OC1C2CC3C(=O)OC1C3C2.CC(=O)OC1C2CC3C(=O)OC1C3O2.CC(=O)OC1C2CC3CC(C2)CC1C3.CC(=O)Oc1ccccc1.CC(=O)c1ccccc1.CCOS(C)(=O)=O.COC(C)=O.COS(C)(=O)=O.CS(=O)(=O)c1ccccc1.C[S@@](=O)c1ccccc1. The minimum Gasteiger partial charge on any atom is -0.469 e. The lowest BCUT2D eigenvalue weighted by Gasteiger charge is -2.53. The normalized spacial score (nSPS) is 26.8. The summed E-state index contributed by atoms with van der Waals surface area (Å²) >= 11 is 0. The van der Waals surface area contributed by atoms with Gasteiger partial charge < -0.3 is 37.9 Å². The predicted molar refractivity (Wildman–Crippen MR) is 358 cm³/mol. The van der Waals surface area contributed by atoms with Crippen LogP contribution >= 0.6 is 0 Å². The third-order valence-electron chi connectivity index (χ3n) is 16.6. The van der Waals surface area contributed by atoms with Crippen molar-refractivity contribution >= 4 is 88.4 Å². The fourth-order valence-corrected chi connectivity index (χ4v) is 14.5. The first-order valence-electron chi connectivity index (χ1n) is 31.6. The number of hydrogen-bond donors (Lipinski definition) is 0. The first kappa shape index (κ1) is 83.1. The van der Waals surface area contributed by atoms with E-state index in [-0.39, 0.29) is 109 Å². The number of benzene rings is 4. The maximum absolute atomic E-state index is 11.4. The van der Waals surface area contributed by atoms with E-state index < -0.39 is 40.9 Å². The summed E-state index contributed by atoms with van der Waals surface area (Å²) in [4.78, 5) is 87.2. The summed E-state index contributed by atoms with van der Waals surface area (Å²) in [6.45, 7) is 10.5. The molecule has 0 aromatic heterocycles. The van der Waals surface area contributed by atoms with Crippen molar-refractivity contribution in [1.82, 2.24) is 0 Å². The molecule has 4 heterocycles. The van der Waals surface area contributed by atoms with Crippen molar-refractivity contribution in [3.05, 3.63) is 127 Å². The van der Waals surface area contributed by atoms with Gasteiger partial charge in [-0.3, -0.25) is 50.9 Å². The average Bonchev–Trinajstić information content (AvgIpc) is 1.56. The van der Waals surface area contributed by atoms with Crippen LogP contribution in [0.5, 0.6) is 5.75 Å². The molecule has 542 valence electrons. The molecule has 0 N–H and O–H groups in total. The molecular formula is C69H92O25S4. The maximum Gasteiger partial charge on any atom is 0.312 e. The predicted octanol–water partition coefficient (Wildman–Crippen LogP) is 8.27. The number of rotatable bonds is 10. The molecule has 14 rings (SSSR count). The molecule has 11 atom stereocenters. The molecule has 10 aliphatic rings. The largest absolute Gasteiger partial charge is 0.469 e. The van der Waals surface area contributed by atoms with Crippen LogP contribution in [-0.2, 0) is 116 Å². The van der Waals surface area contributed by atoms with Gasteiger partial charge in [0.15, 0.2) is 27.8 Å². The van der Waals surface area contributed by atoms with Crippen LogP contribution in [0.15, 0.2) is 131 Å². The van der Waals surface area contributed by atoms with Gasteiger partial charge >= 0.3 is 41.8 Å². The Labute approximate surface area is 577 Å². The van der Waals surface area contributed by atoms with Gasteiger partial charge in [-0.05, 0) is 125 Å². The fraction of sp³-hybridized carbons (Fsp3) is 0.536. The minimum atomic E-state index is -3.17. The molecule has 8 bridgehead atoms. The number of ether oxygens (including phenoxy) is 8. The van der Waals surface area contributed by atoms with Crippen molar-refractivity contribution in [2.75, 3.05) is 45.8 Å². The Kier molecular flexibility index (Phi) is 33.5. The van der Waals surface area contributed by atoms with Crippen LogP contribution in [-0.4, -0.2) is 166 Å². The monoisotopic (exact) mass is 1450 g/mol. The lowest BCUT2D eigenvalue weighted by atomic mass is 9.55. The summed E-state index contributed by atoms with van der Waals surface area (Å²) in [6, 6.07) is 36.0. The van der Waals surface area contributed by atoms with E-state index in [1.807, 2.05) is 78.9 Å². The molecule has 29 heteroatoms. The topological polar surface area (TPSA) is 348 Å². The van der Waals surface area contributed by atoms with Crippen molar-refractivity contribution in [2.45, 2.75) is 152 Å². The first-order valence-corrected chi connectivity index (χ1v) is 38.7. The van der Waals surface area contributed by atoms with Crippen molar-refractivity contribution in [3.8, 4) is 5.75 Å². The van der Waals surface area contributed by atoms with Gasteiger partial charge in [-0.2, -0.15) is 16.8 Å². The first-order chi connectivity index (χ1) is 45.9. The molecule has 4 aromatic carbocycles. The highest BCUT2D eigenvalue weighted by Crippen LogP contribution is 2.56. The molecule has 25 nitrogen and oxygen atoms in total. The van der Waals surface area contributed by atoms with Crippen molar-refractivity contribution < 1.29 is 114 Å². The molecule has 0 radical (unpaired) electrons. The van der Waals surface area contributed by atoms with Gasteiger partial charge in [0.2, 0.25) is 0 Å². The molecule has 4 aromatic rings. The van der Waals surface area contributed by atoms with Gasteiger partial charge in [-0.25, -0.2) is 8.42 Å². The molecule has 0 spiro atoms. The van der Waals surface area contributed by atoms with Gasteiger partial charge in [-0.15, -0.1) is 0 Å². The van der Waals surface area contributed by atoms with E-state index in [0.29, 0.717) is 40.7 Å². The maximum atomic E-state index is 11.4. The molecule has 6 saturated carbocycles. The molecule has 10 unspecified atom stereocenters. The Morgan fingerprint density at radius 2 is 0.929 bits per heavy atom. The van der Waals surface area contributed by atoms with E-state index in [9.17, 15) is 67.8 Å². The van der Waals surface area contributed by atoms with Crippen LogP contribution in [0.25, 0.3) is 0 Å². The summed E-state index contributed by atoms with van der Waals surface area (Å²) in [6.07, 6.45) is 13.0. The number of carbonyl (C=O) groups excluding carboxylic acids is 8. The highest BCUT2D eigenvalue weighted by Gasteiger charge is 2.65. The number of fused-ring (bicyclic) bond motifs is 2. The summed E-state index contributed by atoms with van der Waals surface area (Å²) < 4.78 is 121. The Morgan fingerprint density at radius 1 is 0.500 bits per heavy atom. The Balaban J connectivity index is 0.000000235. The fourth-order valence-electron chi connectivity index (χ4n) is 12.9. The zero-order chi connectivity index (χ0) is 73.2. The van der Waals surface area contributed by atoms with E-state index in [0.717, 1.165) is 54.8 Å². The number of ketones is 1. The number of sulfone groups is 1. The van der Waals surface area contributed by atoms with Crippen LogP contribution < -0.4 is 4.74 Å². The number of hydrogen-bond acceptors (Lipinski definition) is 25. The van der Waals surface area contributed by atoms with Crippen LogP contribution in [0.1, 0.15) is 110 Å². The molecule has 4 saturated heterocycles. The summed E-state index contributed by atoms with van der Waals surface area (Å²) in [7, 11) is -7.70. The highest BCUT2D eigenvalue weighted by atomic mass is 32.2. The summed E-state index contributed by atoms with van der Waals surface area (Å²) in [5.41, 5.74) is 0.775. The average molecular weight is 1450 g/mol. The van der Waals surface area contributed by atoms with E-state index in [1.54, 1.807) is 69.5 Å². The second kappa shape index (κ2) is 39.5. The standard InChI is InChI=1S/C12H18O2.C10H12O4.C9H10O5.C8H8O2.C8H8O.C7H8O2S.C7H8OS.C3H8O3S.C3H6O2.C2H6O3S/c1-7(13)14-12-10-3-8-2-9(5-10)6-11(12)4-8;1-4(11)13-8-5-2-6-7(3-5)10(12)14-9(6)8;1-3(10)12-7-5-2-4-6(13-5)8(7)14-9(4)11;1-7(9)10-8-5-3-2-4-6-8;1-7(9)8-5-3-2-4-6-8;1-10(8,9)7-5-3-2-4-6-7;1-9(8)7-5-3-2-4-6-7;1-3-6-7(2,4)5;1-3(4)5-2;1-5-6(2,3)4/h8-12H,2-6H2,1H3;5-9H,2-3H2,1H3;4-8H,2H2,1H3;2-6H,1H3;2-6H,1H3;2-6H,1H3;2-6H,1H3;3H2,1-2H3;1-2H3;1-2H3/t;;;;;;9-;;;/m......1.../s1. The molecule has 0 amide bonds. The van der Waals surface area contributed by atoms with Gasteiger partial charge in [0, 0.05) is 80.2 Å². The number of esters is 7. The molecular weight excluding hydrogens is 1360 g/mol. The van der Waals surface area contributed by atoms with E-state index in [4.69, 9.17) is 33.2 Å². The van der Waals surface area contributed by atoms with Crippen LogP contribution in [0.4, 0.5) is 0 Å². The molecule has 98 heavy (non-hydrogen) atoms. The lowest BCUT2D eigenvalue weighted by Crippen LogP contribution is -2.49. The van der Waals surface area contributed by atoms with Crippen molar-refractivity contribution in [2.24, 2.45) is 47.3 Å². The van der Waals surface area contributed by atoms with Crippen LogP contribution in [0.3, 0.4) is 0 Å². The third kappa shape index (κ3) is 28.2. The Bertz CT molecular complexity index is 3490. The van der Waals surface area contributed by atoms with Crippen molar-refractivity contribution in [3.63, 3.8) is 0 Å². The number of methoxy groups -OCH3 is 1. The van der Waals surface area contributed by atoms with Crippen LogP contribution in [0, 0.1) is 47.3 Å². The zero-order valence-electron chi connectivity index (χ0n) is 57.4. The van der Waals surface area contributed by atoms with E-state index >= 15 is 0 Å². The van der Waals surface area contributed by atoms with Gasteiger partial charge in [0.1, 0.15) is 30.2 Å². The van der Waals surface area contributed by atoms with Gasteiger partial charge in [0.05, 0.1) is 56.2 Å². The van der Waals surface area contributed by atoms with Crippen molar-refractivity contribution in [1.29, 1.82) is 0 Å². The smallest absolute Gasteiger partial charge is 0.312 e. The molecule has 4 aliphatic heterocycles.